The second kappa shape index (κ2) is 10.3. The molecule has 5 aromatic rings. The number of pyridine rings is 1. The van der Waals surface area contributed by atoms with E-state index in [4.69, 9.17) is 14.0 Å². The number of anilines is 1. The van der Waals surface area contributed by atoms with Crippen molar-refractivity contribution >= 4 is 5.69 Å². The molecule has 5 rings (SSSR count). The van der Waals surface area contributed by atoms with Gasteiger partial charge in [0.25, 0.3) is 11.8 Å². The first-order chi connectivity index (χ1) is 18.1. The van der Waals surface area contributed by atoms with E-state index < -0.39 is 11.7 Å². The zero-order valence-corrected chi connectivity index (χ0v) is 20.2. The lowest BCUT2D eigenvalue weighted by atomic mass is 10.1. The van der Waals surface area contributed by atoms with Gasteiger partial charge < -0.3 is 19.3 Å². The van der Waals surface area contributed by atoms with Crippen LogP contribution in [-0.2, 0) is 0 Å². The SMILES string of the molecule is CCOc1cc(C(Nc2ccc(-c3noc(C)n3)cc2)c2nn(-c3ncccn3)c(=O)[nH]2)cnc1OC. The fraction of sp³-hybridized carbons (Fsp3) is 0.208. The van der Waals surface area contributed by atoms with Crippen LogP contribution in [0.5, 0.6) is 11.6 Å². The van der Waals surface area contributed by atoms with Crippen molar-refractivity contribution in [3.63, 3.8) is 0 Å². The Morgan fingerprint density at radius 1 is 1.16 bits per heavy atom. The van der Waals surface area contributed by atoms with Crippen LogP contribution in [0, 0.1) is 6.92 Å². The molecular weight excluding hydrogens is 478 g/mol. The second-order valence-electron chi connectivity index (χ2n) is 7.78. The molecule has 0 fully saturated rings. The Balaban J connectivity index is 1.54. The van der Waals surface area contributed by atoms with Gasteiger partial charge in [0, 0.05) is 42.3 Å². The molecule has 1 atom stereocenters. The van der Waals surface area contributed by atoms with Crippen LogP contribution < -0.4 is 20.5 Å². The van der Waals surface area contributed by atoms with Crippen molar-refractivity contribution in [3.8, 4) is 29.0 Å². The molecule has 4 heterocycles. The van der Waals surface area contributed by atoms with E-state index in [0.717, 1.165) is 15.9 Å². The minimum atomic E-state index is -0.617. The number of benzene rings is 1. The highest BCUT2D eigenvalue weighted by Crippen LogP contribution is 2.31. The van der Waals surface area contributed by atoms with E-state index in [1.54, 1.807) is 25.3 Å². The van der Waals surface area contributed by atoms with Crippen molar-refractivity contribution in [1.82, 2.24) is 39.9 Å². The molecular formula is C24H23N9O4. The molecule has 1 unspecified atom stereocenters. The molecule has 1 aromatic carbocycles. The number of aryl methyl sites for hydroxylation is 1. The Bertz CT molecular complexity index is 1540. The number of rotatable bonds is 9. The largest absolute Gasteiger partial charge is 0.488 e. The van der Waals surface area contributed by atoms with Gasteiger partial charge in [0.1, 0.15) is 6.04 Å². The normalized spacial score (nSPS) is 11.8. The van der Waals surface area contributed by atoms with Gasteiger partial charge in [-0.15, -0.1) is 9.78 Å². The van der Waals surface area contributed by atoms with Crippen molar-refractivity contribution < 1.29 is 14.0 Å². The van der Waals surface area contributed by atoms with Crippen LogP contribution in [0.15, 0.2) is 64.3 Å². The Morgan fingerprint density at radius 2 is 1.95 bits per heavy atom. The van der Waals surface area contributed by atoms with E-state index in [0.29, 0.717) is 41.3 Å². The highest BCUT2D eigenvalue weighted by atomic mass is 16.5. The third kappa shape index (κ3) is 5.00. The van der Waals surface area contributed by atoms with Gasteiger partial charge >= 0.3 is 5.69 Å². The summed E-state index contributed by atoms with van der Waals surface area (Å²) >= 11 is 0. The molecule has 0 bridgehead atoms. The van der Waals surface area contributed by atoms with E-state index >= 15 is 0 Å². The third-order valence-electron chi connectivity index (χ3n) is 5.30. The van der Waals surface area contributed by atoms with Gasteiger partial charge in [0.2, 0.25) is 11.7 Å². The summed E-state index contributed by atoms with van der Waals surface area (Å²) in [7, 11) is 1.52. The smallest absolute Gasteiger partial charge is 0.350 e. The molecule has 188 valence electrons. The maximum absolute atomic E-state index is 12.8. The van der Waals surface area contributed by atoms with E-state index in [-0.39, 0.29) is 5.95 Å². The lowest BCUT2D eigenvalue weighted by molar-refractivity contribution is 0.303. The van der Waals surface area contributed by atoms with Crippen LogP contribution in [-0.4, -0.2) is 53.6 Å². The summed E-state index contributed by atoms with van der Waals surface area (Å²) in [6.07, 6.45) is 4.70. The summed E-state index contributed by atoms with van der Waals surface area (Å²) in [5.41, 5.74) is 1.73. The molecule has 0 radical (unpaired) electrons. The molecule has 0 spiro atoms. The van der Waals surface area contributed by atoms with Crippen LogP contribution in [0.4, 0.5) is 5.69 Å². The molecule has 2 N–H and O–H groups in total. The fourth-order valence-corrected chi connectivity index (χ4v) is 3.63. The lowest BCUT2D eigenvalue weighted by Crippen LogP contribution is -2.18. The Morgan fingerprint density at radius 3 is 2.62 bits per heavy atom. The molecule has 0 aliphatic rings. The first-order valence-electron chi connectivity index (χ1n) is 11.4. The van der Waals surface area contributed by atoms with Crippen molar-refractivity contribution in [2.24, 2.45) is 0 Å². The third-order valence-corrected chi connectivity index (χ3v) is 5.30. The lowest BCUT2D eigenvalue weighted by Gasteiger charge is -2.19. The number of hydrogen-bond acceptors (Lipinski definition) is 11. The minimum absolute atomic E-state index is 0.149. The predicted molar refractivity (Wildman–Crippen MR) is 132 cm³/mol. The maximum atomic E-state index is 12.8. The Kier molecular flexibility index (Phi) is 6.57. The van der Waals surface area contributed by atoms with E-state index in [2.05, 4.69) is 40.5 Å². The monoisotopic (exact) mass is 501 g/mol. The molecule has 37 heavy (non-hydrogen) atoms. The summed E-state index contributed by atoms with van der Waals surface area (Å²) in [6.45, 7) is 4.03. The van der Waals surface area contributed by atoms with Crippen LogP contribution in [0.1, 0.15) is 30.2 Å². The number of nitrogens with one attached hydrogen (secondary N) is 2. The van der Waals surface area contributed by atoms with Gasteiger partial charge in [-0.05, 0) is 43.3 Å². The molecule has 0 aliphatic heterocycles. The first kappa shape index (κ1) is 23.7. The maximum Gasteiger partial charge on any atom is 0.350 e. The van der Waals surface area contributed by atoms with Gasteiger partial charge in [-0.2, -0.15) is 4.98 Å². The molecule has 0 amide bonds. The van der Waals surface area contributed by atoms with E-state index in [1.807, 2.05) is 31.2 Å². The van der Waals surface area contributed by atoms with Gasteiger partial charge in [-0.1, -0.05) is 5.16 Å². The molecule has 4 aromatic heterocycles. The van der Waals surface area contributed by atoms with Gasteiger partial charge in [-0.25, -0.2) is 19.7 Å². The standard InChI is InChI=1S/C24H23N9O4/c1-4-36-18-12-16(13-27-22(18)35-3)19(21-30-24(34)33(31-21)23-25-10-5-11-26-23)29-17-8-6-15(7-9-17)20-28-14(2)37-32-20/h5-13,19,29H,4H2,1-3H3,(H,30,31,34). The highest BCUT2D eigenvalue weighted by molar-refractivity contribution is 5.60. The van der Waals surface area contributed by atoms with Crippen LogP contribution in [0.2, 0.25) is 0 Å². The Labute approximate surface area is 210 Å². The van der Waals surface area contributed by atoms with Gasteiger partial charge in [-0.3, -0.25) is 4.98 Å². The molecule has 13 nitrogen and oxygen atoms in total. The zero-order valence-electron chi connectivity index (χ0n) is 20.2. The summed E-state index contributed by atoms with van der Waals surface area (Å²) in [5, 5.41) is 11.8. The zero-order chi connectivity index (χ0) is 25.8. The summed E-state index contributed by atoms with van der Waals surface area (Å²) in [5.74, 6) is 2.26. The fourth-order valence-electron chi connectivity index (χ4n) is 3.63. The van der Waals surface area contributed by atoms with Crippen LogP contribution >= 0.6 is 0 Å². The number of ether oxygens (including phenoxy) is 2. The predicted octanol–water partition coefficient (Wildman–Crippen LogP) is 2.71. The minimum Gasteiger partial charge on any atom is -0.488 e. The van der Waals surface area contributed by atoms with Gasteiger partial charge in [0.15, 0.2) is 11.6 Å². The second-order valence-corrected chi connectivity index (χ2v) is 7.78. The number of aromatic nitrogens is 8. The van der Waals surface area contributed by atoms with Crippen molar-refractivity contribution in [2.45, 2.75) is 19.9 Å². The molecule has 13 heteroatoms. The topological polar surface area (TPSA) is 159 Å². The quantitative estimate of drug-likeness (QED) is 0.306. The van der Waals surface area contributed by atoms with Gasteiger partial charge in [0.05, 0.1) is 13.7 Å². The molecule has 0 saturated carbocycles. The Hall–Kier alpha value is -5.07. The van der Waals surface area contributed by atoms with E-state index in [1.165, 1.54) is 19.5 Å². The number of methoxy groups -OCH3 is 1. The summed E-state index contributed by atoms with van der Waals surface area (Å²) in [6, 6.07) is 10.3. The summed E-state index contributed by atoms with van der Waals surface area (Å²) < 4.78 is 17.2. The van der Waals surface area contributed by atoms with E-state index in [9.17, 15) is 4.79 Å². The average Bonchev–Trinajstić information content (AvgIpc) is 3.53. The molecule has 0 aliphatic carbocycles. The summed E-state index contributed by atoms with van der Waals surface area (Å²) in [4.78, 5) is 32.4. The van der Waals surface area contributed by atoms with Crippen molar-refractivity contribution in [1.29, 1.82) is 0 Å². The van der Waals surface area contributed by atoms with Crippen LogP contribution in [0.25, 0.3) is 17.3 Å². The van der Waals surface area contributed by atoms with Crippen molar-refractivity contribution in [2.75, 3.05) is 19.0 Å². The van der Waals surface area contributed by atoms with Crippen molar-refractivity contribution in [3.05, 3.63) is 82.8 Å². The number of nitrogens with zero attached hydrogens (tertiary/aromatic N) is 7. The highest BCUT2D eigenvalue weighted by Gasteiger charge is 2.23. The molecule has 0 saturated heterocycles. The average molecular weight is 502 g/mol. The number of H-pyrrole nitrogens is 1. The number of aromatic amines is 1. The van der Waals surface area contributed by atoms with Crippen LogP contribution in [0.3, 0.4) is 0 Å². The first-order valence-corrected chi connectivity index (χ1v) is 11.4. The number of hydrogen-bond donors (Lipinski definition) is 2.